The number of amides is 3. The zero-order valence-corrected chi connectivity index (χ0v) is 22.8. The molecule has 1 unspecified atom stereocenters. The average molecular weight is 586 g/mol. The summed E-state index contributed by atoms with van der Waals surface area (Å²) < 4.78 is 0. The maximum Gasteiger partial charge on any atom is 0.354 e. The lowest BCUT2D eigenvalue weighted by atomic mass is 10.1. The quantitative estimate of drug-likeness (QED) is 0.168. The third-order valence-electron chi connectivity index (χ3n) is 6.21. The molecule has 1 aromatic carbocycles. The number of aromatic nitrogens is 1. The second kappa shape index (κ2) is 11.7. The number of nitrogen functional groups attached to an aromatic ring is 1. The van der Waals surface area contributed by atoms with E-state index in [2.05, 4.69) is 20.8 Å². The molecule has 3 heterocycles. The Morgan fingerprint density at radius 1 is 1.22 bits per heavy atom. The molecule has 0 aliphatic carbocycles. The van der Waals surface area contributed by atoms with Gasteiger partial charge in [0.15, 0.2) is 16.5 Å². The lowest BCUT2D eigenvalue weighted by Gasteiger charge is -2.19. The van der Waals surface area contributed by atoms with Gasteiger partial charge in [-0.25, -0.2) is 24.6 Å². The van der Waals surface area contributed by atoms with Crippen molar-refractivity contribution >= 4 is 51.8 Å². The first-order valence-corrected chi connectivity index (χ1v) is 13.2. The van der Waals surface area contributed by atoms with Crippen molar-refractivity contribution in [2.24, 2.45) is 5.16 Å². The normalized spacial score (nSPS) is 17.4. The van der Waals surface area contributed by atoms with Crippen LogP contribution in [0.2, 0.25) is 0 Å². The molecule has 4 rings (SSSR count). The molecular weight excluding hydrogens is 558 g/mol. The maximum absolute atomic E-state index is 13.2. The van der Waals surface area contributed by atoms with E-state index < -0.39 is 52.7 Å². The van der Waals surface area contributed by atoms with Gasteiger partial charge in [0.1, 0.15) is 11.7 Å². The number of aliphatic carboxylic acids is 2. The van der Waals surface area contributed by atoms with Crippen LogP contribution in [0.25, 0.3) is 0 Å². The SMILES string of the molecule is CC(C)(ON=C(C(=O)NC1CN2CC(C(=O)NCCc3ccccc3)=C(C(=O)O)N2C1=O)c1csc(N)n1)C(=O)O. The summed E-state index contributed by atoms with van der Waals surface area (Å²) in [4.78, 5) is 71.8. The predicted octanol–water partition coefficient (Wildman–Crippen LogP) is -0.436. The fourth-order valence-corrected chi connectivity index (χ4v) is 4.58. The first-order chi connectivity index (χ1) is 19.4. The molecule has 16 heteroatoms. The number of hydrogen-bond donors (Lipinski definition) is 5. The van der Waals surface area contributed by atoms with Crippen molar-refractivity contribution in [3.8, 4) is 0 Å². The highest BCUT2D eigenvalue weighted by molar-refractivity contribution is 7.13. The van der Waals surface area contributed by atoms with Crippen LogP contribution in [0.4, 0.5) is 5.13 Å². The summed E-state index contributed by atoms with van der Waals surface area (Å²) in [7, 11) is 0. The van der Waals surface area contributed by atoms with E-state index in [1.54, 1.807) is 0 Å². The summed E-state index contributed by atoms with van der Waals surface area (Å²) in [5.74, 6) is -5.16. The van der Waals surface area contributed by atoms with E-state index >= 15 is 0 Å². The molecule has 2 aliphatic rings. The highest BCUT2D eigenvalue weighted by Gasteiger charge is 2.49. The minimum absolute atomic E-state index is 0.0157. The summed E-state index contributed by atoms with van der Waals surface area (Å²) in [6.07, 6.45) is 0.532. The van der Waals surface area contributed by atoms with Gasteiger partial charge in [-0.1, -0.05) is 35.5 Å². The molecule has 216 valence electrons. The number of hydrogen-bond acceptors (Lipinski definition) is 11. The van der Waals surface area contributed by atoms with Crippen LogP contribution < -0.4 is 16.4 Å². The molecule has 3 amide bonds. The number of thiazole rings is 1. The highest BCUT2D eigenvalue weighted by atomic mass is 32.1. The summed E-state index contributed by atoms with van der Waals surface area (Å²) in [6, 6.07) is 8.19. The number of nitrogens with zero attached hydrogens (tertiary/aromatic N) is 4. The van der Waals surface area contributed by atoms with E-state index in [4.69, 9.17) is 10.6 Å². The fourth-order valence-electron chi connectivity index (χ4n) is 4.03. The van der Waals surface area contributed by atoms with Crippen molar-refractivity contribution in [2.45, 2.75) is 31.9 Å². The van der Waals surface area contributed by atoms with E-state index in [1.807, 2.05) is 30.3 Å². The molecule has 6 N–H and O–H groups in total. The molecule has 2 aliphatic heterocycles. The number of nitrogens with two attached hydrogens (primary N) is 1. The number of nitrogens with one attached hydrogen (secondary N) is 2. The number of carboxylic acid groups (broad SMARTS) is 2. The van der Waals surface area contributed by atoms with Crippen LogP contribution in [0.3, 0.4) is 0 Å². The number of fused-ring (bicyclic) bond motifs is 1. The summed E-state index contributed by atoms with van der Waals surface area (Å²) in [6.45, 7) is 2.39. The van der Waals surface area contributed by atoms with Crippen LogP contribution in [0.15, 0.2) is 52.1 Å². The Balaban J connectivity index is 1.48. The zero-order chi connectivity index (χ0) is 29.9. The molecular formula is C25H27N7O8S. The van der Waals surface area contributed by atoms with Gasteiger partial charge >= 0.3 is 11.9 Å². The molecule has 1 atom stereocenters. The van der Waals surface area contributed by atoms with Crippen LogP contribution in [0.5, 0.6) is 0 Å². The smallest absolute Gasteiger partial charge is 0.354 e. The Kier molecular flexibility index (Phi) is 8.34. The number of carbonyl (C=O) groups is 5. The van der Waals surface area contributed by atoms with Crippen molar-refractivity contribution in [2.75, 3.05) is 25.4 Å². The number of carbonyl (C=O) groups excluding carboxylic acids is 3. The Labute approximate surface area is 237 Å². The second-order valence-corrected chi connectivity index (χ2v) is 10.5. The van der Waals surface area contributed by atoms with Gasteiger partial charge in [-0.05, 0) is 25.8 Å². The largest absolute Gasteiger partial charge is 0.478 e. The lowest BCUT2D eigenvalue weighted by molar-refractivity contribution is -0.161. The molecule has 1 saturated heterocycles. The van der Waals surface area contributed by atoms with Crippen molar-refractivity contribution < 1.29 is 39.0 Å². The molecule has 1 aromatic heterocycles. The third kappa shape index (κ3) is 6.33. The van der Waals surface area contributed by atoms with Gasteiger partial charge in [-0.2, -0.15) is 0 Å². The Morgan fingerprint density at radius 3 is 2.54 bits per heavy atom. The van der Waals surface area contributed by atoms with Crippen LogP contribution >= 0.6 is 11.3 Å². The number of rotatable bonds is 11. The molecule has 41 heavy (non-hydrogen) atoms. The minimum Gasteiger partial charge on any atom is -0.478 e. The number of hydrazine groups is 1. The van der Waals surface area contributed by atoms with E-state index in [9.17, 15) is 34.2 Å². The van der Waals surface area contributed by atoms with Gasteiger partial charge in [-0.15, -0.1) is 11.3 Å². The summed E-state index contributed by atoms with van der Waals surface area (Å²) in [5.41, 5.74) is 3.82. The topological polar surface area (TPSA) is 217 Å². The van der Waals surface area contributed by atoms with Crippen LogP contribution in [-0.4, -0.2) is 91.9 Å². The van der Waals surface area contributed by atoms with E-state index in [0.717, 1.165) is 21.9 Å². The average Bonchev–Trinajstić information content (AvgIpc) is 3.59. The maximum atomic E-state index is 13.2. The minimum atomic E-state index is -1.79. The van der Waals surface area contributed by atoms with Gasteiger partial charge in [-0.3, -0.25) is 14.4 Å². The number of benzene rings is 1. The van der Waals surface area contributed by atoms with Crippen LogP contribution in [0.1, 0.15) is 25.1 Å². The highest BCUT2D eigenvalue weighted by Crippen LogP contribution is 2.29. The standard InChI is InChI=1S/C25H27N7O8S/c1-25(2,23(38)39)40-30-17(16-12-41-24(26)29-16)20(34)28-15-11-31-10-14(18(22(36)37)32(31)21(15)35)19(33)27-9-8-13-6-4-3-5-7-13/h3-7,12,15H,8-11H2,1-2H3,(H2,26,29)(H,27,33)(H,28,34)(H,36,37)(H,38,39). The first kappa shape index (κ1) is 29.2. The van der Waals surface area contributed by atoms with Crippen molar-refractivity contribution in [1.29, 1.82) is 0 Å². The van der Waals surface area contributed by atoms with Gasteiger partial charge in [0, 0.05) is 18.5 Å². The van der Waals surface area contributed by atoms with E-state index in [1.165, 1.54) is 24.2 Å². The molecule has 0 spiro atoms. The Bertz CT molecular complexity index is 1450. The van der Waals surface area contributed by atoms with Crippen LogP contribution in [-0.2, 0) is 35.2 Å². The second-order valence-electron chi connectivity index (χ2n) is 9.56. The van der Waals surface area contributed by atoms with Crippen LogP contribution in [0, 0.1) is 0 Å². The predicted molar refractivity (Wildman–Crippen MR) is 144 cm³/mol. The van der Waals surface area contributed by atoms with Gasteiger partial charge in [0.25, 0.3) is 17.7 Å². The number of anilines is 1. The Hall–Kier alpha value is -4.83. The fraction of sp³-hybridized carbons (Fsp3) is 0.320. The third-order valence-corrected chi connectivity index (χ3v) is 6.88. The summed E-state index contributed by atoms with van der Waals surface area (Å²) in [5, 5.41) is 31.7. The molecule has 1 fully saturated rings. The van der Waals surface area contributed by atoms with E-state index in [0.29, 0.717) is 6.42 Å². The lowest BCUT2D eigenvalue weighted by Crippen LogP contribution is -2.46. The molecule has 0 radical (unpaired) electrons. The van der Waals surface area contributed by atoms with Crippen molar-refractivity contribution in [1.82, 2.24) is 25.6 Å². The zero-order valence-electron chi connectivity index (χ0n) is 22.0. The Morgan fingerprint density at radius 2 is 1.93 bits per heavy atom. The first-order valence-electron chi connectivity index (χ1n) is 12.3. The van der Waals surface area contributed by atoms with Crippen molar-refractivity contribution in [3.05, 3.63) is 58.2 Å². The van der Waals surface area contributed by atoms with Crippen molar-refractivity contribution in [3.63, 3.8) is 0 Å². The molecule has 0 bridgehead atoms. The van der Waals surface area contributed by atoms with E-state index in [-0.39, 0.29) is 36.0 Å². The molecule has 15 nitrogen and oxygen atoms in total. The monoisotopic (exact) mass is 585 g/mol. The number of oxime groups is 1. The summed E-state index contributed by atoms with van der Waals surface area (Å²) >= 11 is 0.999. The molecule has 2 aromatic rings. The van der Waals surface area contributed by atoms with Gasteiger partial charge in [0.2, 0.25) is 5.60 Å². The van der Waals surface area contributed by atoms with Gasteiger partial charge < -0.3 is 31.4 Å². The number of carboxylic acids is 2. The molecule has 0 saturated carbocycles. The van der Waals surface area contributed by atoms with Gasteiger partial charge in [0.05, 0.1) is 12.1 Å².